The van der Waals surface area contributed by atoms with Crippen LogP contribution in [0.4, 0.5) is 5.69 Å². The molecule has 0 spiro atoms. The van der Waals surface area contributed by atoms with Crippen LogP contribution in [-0.2, 0) is 13.2 Å². The summed E-state index contributed by atoms with van der Waals surface area (Å²) < 4.78 is 1.01. The Morgan fingerprint density at radius 1 is 1.11 bits per heavy atom. The number of nitrogens with zero attached hydrogens (tertiary/aromatic N) is 1. The maximum Gasteiger partial charge on any atom is 0.0682 e. The van der Waals surface area contributed by atoms with Gasteiger partial charge in [0.25, 0.3) is 0 Å². The molecule has 19 heavy (non-hydrogen) atoms. The van der Waals surface area contributed by atoms with E-state index in [9.17, 15) is 0 Å². The molecule has 0 fully saturated rings. The van der Waals surface area contributed by atoms with Gasteiger partial charge >= 0.3 is 0 Å². The molecule has 0 saturated carbocycles. The maximum absolute atomic E-state index is 9.12. The Bertz CT molecular complexity index is 568. The molecule has 0 aliphatic heterocycles. The van der Waals surface area contributed by atoms with Crippen LogP contribution in [0.15, 0.2) is 46.9 Å². The first kappa shape index (κ1) is 14.1. The minimum absolute atomic E-state index is 0.0699. The van der Waals surface area contributed by atoms with Crippen LogP contribution in [0.25, 0.3) is 0 Å². The number of anilines is 1. The fourth-order valence-electron chi connectivity index (χ4n) is 2.13. The van der Waals surface area contributed by atoms with Gasteiger partial charge in [0.2, 0.25) is 0 Å². The van der Waals surface area contributed by atoms with Crippen molar-refractivity contribution >= 4 is 21.6 Å². The predicted octanol–water partition coefficient (Wildman–Crippen LogP) is 3.89. The van der Waals surface area contributed by atoms with Gasteiger partial charge in [0.05, 0.1) is 12.3 Å². The van der Waals surface area contributed by atoms with E-state index in [4.69, 9.17) is 5.11 Å². The van der Waals surface area contributed by atoms with Gasteiger partial charge in [-0.15, -0.1) is 0 Å². The van der Waals surface area contributed by atoms with Crippen LogP contribution < -0.4 is 4.90 Å². The van der Waals surface area contributed by atoms with Gasteiger partial charge in [-0.1, -0.05) is 35.9 Å². The lowest BCUT2D eigenvalue weighted by Gasteiger charge is -2.21. The van der Waals surface area contributed by atoms with Crippen LogP contribution in [0.3, 0.4) is 0 Å². The third-order valence-corrected chi connectivity index (χ3v) is 3.74. The van der Waals surface area contributed by atoms with E-state index < -0.39 is 0 Å². The molecule has 2 aromatic rings. The number of hydrogen-bond donors (Lipinski definition) is 1. The molecule has 2 nitrogen and oxygen atoms in total. The van der Waals surface area contributed by atoms with E-state index in [0.29, 0.717) is 0 Å². The Hall–Kier alpha value is -1.32. The largest absolute Gasteiger partial charge is 0.392 e. The van der Waals surface area contributed by atoms with Crippen LogP contribution in [0.2, 0.25) is 0 Å². The molecule has 3 heteroatoms. The van der Waals surface area contributed by atoms with Crippen LogP contribution in [-0.4, -0.2) is 12.2 Å². The van der Waals surface area contributed by atoms with Gasteiger partial charge in [0, 0.05) is 18.1 Å². The quantitative estimate of drug-likeness (QED) is 0.924. The zero-order chi connectivity index (χ0) is 13.8. The highest BCUT2D eigenvalue weighted by Crippen LogP contribution is 2.27. The third-order valence-electron chi connectivity index (χ3n) is 3.11. The normalized spacial score (nSPS) is 10.5. The van der Waals surface area contributed by atoms with E-state index in [1.165, 1.54) is 11.1 Å². The lowest BCUT2D eigenvalue weighted by molar-refractivity contribution is 0.282. The molecular weight excluding hydrogens is 302 g/mol. The van der Waals surface area contributed by atoms with E-state index in [0.717, 1.165) is 22.3 Å². The average molecular weight is 320 g/mol. The second kappa shape index (κ2) is 6.22. The zero-order valence-electron chi connectivity index (χ0n) is 11.2. The molecular formula is C16H18BrNO. The number of hydrogen-bond acceptors (Lipinski definition) is 2. The second-order valence-electron chi connectivity index (χ2n) is 4.79. The second-order valence-corrected chi connectivity index (χ2v) is 5.64. The summed E-state index contributed by atoms with van der Waals surface area (Å²) in [5, 5.41) is 9.12. The molecule has 0 bridgehead atoms. The highest BCUT2D eigenvalue weighted by atomic mass is 79.9. The van der Waals surface area contributed by atoms with E-state index in [1.807, 2.05) is 18.2 Å². The Kier molecular flexibility index (Phi) is 4.61. The Morgan fingerprint density at radius 3 is 2.53 bits per heavy atom. The highest BCUT2D eigenvalue weighted by Gasteiger charge is 2.07. The summed E-state index contributed by atoms with van der Waals surface area (Å²) in [5.41, 5.74) is 4.61. The summed E-state index contributed by atoms with van der Waals surface area (Å²) in [6, 6.07) is 14.5. The van der Waals surface area contributed by atoms with Crippen LogP contribution in [0, 0.1) is 6.92 Å². The highest BCUT2D eigenvalue weighted by molar-refractivity contribution is 9.10. The van der Waals surface area contributed by atoms with E-state index >= 15 is 0 Å². The zero-order valence-corrected chi connectivity index (χ0v) is 12.8. The smallest absolute Gasteiger partial charge is 0.0682 e. The van der Waals surface area contributed by atoms with Crippen molar-refractivity contribution in [2.75, 3.05) is 11.9 Å². The van der Waals surface area contributed by atoms with Gasteiger partial charge in [0.1, 0.15) is 0 Å². The fraction of sp³-hybridized carbons (Fsp3) is 0.250. The molecule has 0 aliphatic carbocycles. The van der Waals surface area contributed by atoms with Crippen molar-refractivity contribution in [2.45, 2.75) is 20.1 Å². The fourth-order valence-corrected chi connectivity index (χ4v) is 2.86. The van der Waals surface area contributed by atoms with Gasteiger partial charge in [0.15, 0.2) is 0 Å². The lowest BCUT2D eigenvalue weighted by Crippen LogP contribution is -2.17. The molecule has 0 saturated heterocycles. The van der Waals surface area contributed by atoms with Crippen molar-refractivity contribution < 1.29 is 5.11 Å². The van der Waals surface area contributed by atoms with Crippen molar-refractivity contribution in [3.8, 4) is 0 Å². The van der Waals surface area contributed by atoms with E-state index in [2.05, 4.69) is 59.1 Å². The first-order valence-corrected chi connectivity index (χ1v) is 7.05. The first-order valence-electron chi connectivity index (χ1n) is 6.26. The maximum atomic E-state index is 9.12. The Balaban J connectivity index is 2.18. The Morgan fingerprint density at radius 2 is 1.89 bits per heavy atom. The van der Waals surface area contributed by atoms with Gasteiger partial charge < -0.3 is 10.0 Å². The summed E-state index contributed by atoms with van der Waals surface area (Å²) in [6.07, 6.45) is 0. The minimum Gasteiger partial charge on any atom is -0.392 e. The van der Waals surface area contributed by atoms with Crippen molar-refractivity contribution in [2.24, 2.45) is 0 Å². The number of halogens is 1. The van der Waals surface area contributed by atoms with E-state index in [-0.39, 0.29) is 6.61 Å². The van der Waals surface area contributed by atoms with Gasteiger partial charge in [-0.3, -0.25) is 0 Å². The summed E-state index contributed by atoms with van der Waals surface area (Å²) in [4.78, 5) is 2.19. The summed E-state index contributed by atoms with van der Waals surface area (Å²) >= 11 is 3.56. The molecule has 0 amide bonds. The standard InChI is InChI=1S/C16H18BrNO/c1-12-4-3-5-13(8-12)10-18(2)16-7-6-14(11-19)9-15(16)17/h3-9,19H,10-11H2,1-2H3. The molecule has 0 aromatic heterocycles. The van der Waals surface area contributed by atoms with Crippen molar-refractivity contribution in [1.82, 2.24) is 0 Å². The molecule has 0 unspecified atom stereocenters. The van der Waals surface area contributed by atoms with Crippen LogP contribution >= 0.6 is 15.9 Å². The molecule has 0 atom stereocenters. The molecule has 0 heterocycles. The SMILES string of the molecule is Cc1cccc(CN(C)c2ccc(CO)cc2Br)c1. The van der Waals surface area contributed by atoms with Gasteiger partial charge in [-0.05, 0) is 46.1 Å². The number of aliphatic hydroxyl groups excluding tert-OH is 1. The number of aliphatic hydroxyl groups is 1. The van der Waals surface area contributed by atoms with Crippen molar-refractivity contribution in [3.63, 3.8) is 0 Å². The van der Waals surface area contributed by atoms with E-state index in [1.54, 1.807) is 0 Å². The van der Waals surface area contributed by atoms with Gasteiger partial charge in [-0.25, -0.2) is 0 Å². The molecule has 0 radical (unpaired) electrons. The number of benzene rings is 2. The molecule has 0 aliphatic rings. The minimum atomic E-state index is 0.0699. The Labute approximate surface area is 122 Å². The van der Waals surface area contributed by atoms with Crippen LogP contribution in [0.5, 0.6) is 0 Å². The van der Waals surface area contributed by atoms with Crippen molar-refractivity contribution in [3.05, 3.63) is 63.6 Å². The van der Waals surface area contributed by atoms with Crippen molar-refractivity contribution in [1.29, 1.82) is 0 Å². The summed E-state index contributed by atoms with van der Waals surface area (Å²) in [5.74, 6) is 0. The molecule has 2 rings (SSSR count). The van der Waals surface area contributed by atoms with Gasteiger partial charge in [-0.2, -0.15) is 0 Å². The first-order chi connectivity index (χ1) is 9.10. The molecule has 100 valence electrons. The monoisotopic (exact) mass is 319 g/mol. The van der Waals surface area contributed by atoms with Crippen LogP contribution in [0.1, 0.15) is 16.7 Å². The number of aryl methyl sites for hydroxylation is 1. The third kappa shape index (κ3) is 3.58. The summed E-state index contributed by atoms with van der Waals surface area (Å²) in [6.45, 7) is 3.04. The molecule has 2 aromatic carbocycles. The number of rotatable bonds is 4. The molecule has 1 N–H and O–H groups in total. The lowest BCUT2D eigenvalue weighted by atomic mass is 10.1. The average Bonchev–Trinajstić information content (AvgIpc) is 2.38. The topological polar surface area (TPSA) is 23.5 Å². The summed E-state index contributed by atoms with van der Waals surface area (Å²) in [7, 11) is 2.07. The predicted molar refractivity (Wildman–Crippen MR) is 83.4 cm³/mol.